The lowest BCUT2D eigenvalue weighted by Crippen LogP contribution is -2.38. The maximum atomic E-state index is 12.1. The number of nitrogens with one attached hydrogen (secondary N) is 2. The Kier molecular flexibility index (Phi) is 3.12. The predicted molar refractivity (Wildman–Crippen MR) is 75.7 cm³/mol. The number of hydrogen-bond acceptors (Lipinski definition) is 5. The molecule has 2 aliphatic rings. The summed E-state index contributed by atoms with van der Waals surface area (Å²) >= 11 is 0. The van der Waals surface area contributed by atoms with Gasteiger partial charge in [-0.2, -0.15) is 10.2 Å². The number of furan rings is 1. The highest BCUT2D eigenvalue weighted by Gasteiger charge is 2.47. The average molecular weight is 288 g/mol. The number of aryl methyl sites for hydroxylation is 1. The Balaban J connectivity index is 2.07. The Morgan fingerprint density at radius 1 is 1.00 bits per heavy atom. The fourth-order valence-corrected chi connectivity index (χ4v) is 2.94. The zero-order chi connectivity index (χ0) is 15.1. The van der Waals surface area contributed by atoms with Gasteiger partial charge in [-0.1, -0.05) is 0 Å². The van der Waals surface area contributed by atoms with Crippen LogP contribution in [0, 0.1) is 18.8 Å². The van der Waals surface area contributed by atoms with E-state index in [1.54, 1.807) is 19.9 Å². The van der Waals surface area contributed by atoms with E-state index < -0.39 is 17.8 Å². The van der Waals surface area contributed by atoms with E-state index in [1.807, 2.05) is 13.0 Å². The van der Waals surface area contributed by atoms with Crippen molar-refractivity contribution in [3.63, 3.8) is 0 Å². The second-order valence-electron chi connectivity index (χ2n) is 5.39. The number of rotatable bonds is 3. The summed E-state index contributed by atoms with van der Waals surface area (Å²) in [6, 6.07) is 3.62. The third kappa shape index (κ3) is 2.14. The largest absolute Gasteiger partial charge is 0.466 e. The molecule has 0 bridgehead atoms. The van der Waals surface area contributed by atoms with E-state index >= 15 is 0 Å². The normalized spacial score (nSPS) is 26.2. The first kappa shape index (κ1) is 13.5. The quantitative estimate of drug-likeness (QED) is 0.865. The third-order valence-corrected chi connectivity index (χ3v) is 3.96. The minimum Gasteiger partial charge on any atom is -0.466 e. The van der Waals surface area contributed by atoms with Crippen LogP contribution in [0.5, 0.6) is 0 Å². The predicted octanol–water partition coefficient (Wildman–Crippen LogP) is 0.915. The highest BCUT2D eigenvalue weighted by Crippen LogP contribution is 2.38. The van der Waals surface area contributed by atoms with Gasteiger partial charge in [-0.05, 0) is 32.9 Å². The van der Waals surface area contributed by atoms with Crippen molar-refractivity contribution in [1.29, 1.82) is 0 Å². The molecule has 2 amide bonds. The minimum absolute atomic E-state index is 0.223. The molecule has 2 unspecified atom stereocenters. The van der Waals surface area contributed by atoms with Crippen molar-refractivity contribution >= 4 is 23.2 Å². The van der Waals surface area contributed by atoms with E-state index in [4.69, 9.17) is 4.42 Å². The topological polar surface area (TPSA) is 96.1 Å². The molecule has 2 aliphatic heterocycles. The van der Waals surface area contributed by atoms with E-state index in [1.165, 1.54) is 0 Å². The summed E-state index contributed by atoms with van der Waals surface area (Å²) in [7, 11) is 0. The Morgan fingerprint density at radius 2 is 1.52 bits per heavy atom. The van der Waals surface area contributed by atoms with Gasteiger partial charge in [-0.15, -0.1) is 0 Å². The molecule has 7 heteroatoms. The van der Waals surface area contributed by atoms with E-state index in [0.717, 1.165) is 5.76 Å². The van der Waals surface area contributed by atoms with Gasteiger partial charge in [0.1, 0.15) is 11.5 Å². The zero-order valence-corrected chi connectivity index (χ0v) is 12.0. The second kappa shape index (κ2) is 4.83. The smallest absolute Gasteiger partial charge is 0.249 e. The van der Waals surface area contributed by atoms with Crippen molar-refractivity contribution in [3.8, 4) is 0 Å². The maximum absolute atomic E-state index is 12.1. The van der Waals surface area contributed by atoms with Crippen LogP contribution in [0.3, 0.4) is 0 Å². The Hall–Kier alpha value is -2.44. The molecule has 0 spiro atoms. The van der Waals surface area contributed by atoms with Gasteiger partial charge in [-0.25, -0.2) is 10.9 Å². The molecular weight excluding hydrogens is 272 g/mol. The summed E-state index contributed by atoms with van der Waals surface area (Å²) in [4.78, 5) is 24.3. The molecule has 2 N–H and O–H groups in total. The molecule has 2 atom stereocenters. The average Bonchev–Trinajstić information content (AvgIpc) is 3.09. The fourth-order valence-electron chi connectivity index (χ4n) is 2.94. The van der Waals surface area contributed by atoms with Crippen LogP contribution in [-0.2, 0) is 9.59 Å². The minimum atomic E-state index is -0.533. The van der Waals surface area contributed by atoms with Crippen LogP contribution in [0.1, 0.15) is 31.3 Å². The van der Waals surface area contributed by atoms with Gasteiger partial charge in [0.2, 0.25) is 11.8 Å². The van der Waals surface area contributed by atoms with Gasteiger partial charge in [0.25, 0.3) is 0 Å². The van der Waals surface area contributed by atoms with Crippen LogP contribution in [0.25, 0.3) is 0 Å². The molecule has 1 aromatic rings. The van der Waals surface area contributed by atoms with E-state index in [9.17, 15) is 9.59 Å². The number of hydrazone groups is 2. The molecule has 7 nitrogen and oxygen atoms in total. The molecule has 0 saturated carbocycles. The van der Waals surface area contributed by atoms with Gasteiger partial charge in [0.15, 0.2) is 0 Å². The Morgan fingerprint density at radius 3 is 1.86 bits per heavy atom. The fraction of sp³-hybridized carbons (Fsp3) is 0.429. The summed E-state index contributed by atoms with van der Waals surface area (Å²) in [5.74, 6) is -0.630. The van der Waals surface area contributed by atoms with Gasteiger partial charge in [-0.3, -0.25) is 9.59 Å². The summed E-state index contributed by atoms with van der Waals surface area (Å²) < 4.78 is 5.69. The lowest BCUT2D eigenvalue weighted by Gasteiger charge is -2.24. The lowest BCUT2D eigenvalue weighted by molar-refractivity contribution is -0.125. The van der Waals surface area contributed by atoms with E-state index in [-0.39, 0.29) is 11.8 Å². The van der Waals surface area contributed by atoms with Crippen molar-refractivity contribution in [2.75, 3.05) is 0 Å². The highest BCUT2D eigenvalue weighted by atomic mass is 16.3. The van der Waals surface area contributed by atoms with Crippen LogP contribution in [-0.4, -0.2) is 23.2 Å². The van der Waals surface area contributed by atoms with E-state index in [2.05, 4.69) is 21.1 Å². The first-order chi connectivity index (χ1) is 9.99. The number of carbonyl (C=O) groups is 2. The van der Waals surface area contributed by atoms with Gasteiger partial charge in [0.05, 0.1) is 17.8 Å². The highest BCUT2D eigenvalue weighted by molar-refractivity contribution is 6.12. The number of nitrogens with zero attached hydrogens (tertiary/aromatic N) is 2. The Labute approximate surface area is 121 Å². The van der Waals surface area contributed by atoms with Crippen molar-refractivity contribution in [3.05, 3.63) is 23.7 Å². The molecule has 3 rings (SSSR count). The number of carbonyl (C=O) groups excluding carboxylic acids is 2. The first-order valence-corrected chi connectivity index (χ1v) is 6.73. The molecule has 110 valence electrons. The molecule has 1 aromatic heterocycles. The lowest BCUT2D eigenvalue weighted by atomic mass is 9.75. The molecule has 0 aromatic carbocycles. The molecule has 0 fully saturated rings. The maximum Gasteiger partial charge on any atom is 0.249 e. The van der Waals surface area contributed by atoms with Crippen molar-refractivity contribution in [1.82, 2.24) is 10.9 Å². The molecule has 0 radical (unpaired) electrons. The van der Waals surface area contributed by atoms with Crippen LogP contribution in [0.15, 0.2) is 26.8 Å². The number of amides is 2. The third-order valence-electron chi connectivity index (χ3n) is 3.96. The van der Waals surface area contributed by atoms with Crippen LogP contribution in [0.2, 0.25) is 0 Å². The summed E-state index contributed by atoms with van der Waals surface area (Å²) in [6.45, 7) is 5.36. The monoisotopic (exact) mass is 288 g/mol. The zero-order valence-electron chi connectivity index (χ0n) is 12.0. The Bertz CT molecular complexity index is 636. The van der Waals surface area contributed by atoms with Gasteiger partial charge < -0.3 is 4.42 Å². The molecule has 0 saturated heterocycles. The molecule has 21 heavy (non-hydrogen) atoms. The summed E-state index contributed by atoms with van der Waals surface area (Å²) in [5, 5.41) is 7.95. The van der Waals surface area contributed by atoms with Crippen LogP contribution < -0.4 is 10.9 Å². The van der Waals surface area contributed by atoms with Gasteiger partial charge in [0, 0.05) is 11.4 Å². The molecular formula is C14H16N4O3. The molecule has 3 heterocycles. The second-order valence-corrected chi connectivity index (χ2v) is 5.39. The standard InChI is InChI=1S/C14H16N4O3/c1-6-4-5-9(21-6)12(10-7(2)15-17-13(10)19)11-8(3)16-18-14(11)20/h4-5,10-12H,1-3H3,(H,17,19)(H,18,20). The van der Waals surface area contributed by atoms with Crippen molar-refractivity contribution < 1.29 is 14.0 Å². The van der Waals surface area contributed by atoms with Crippen LogP contribution in [0.4, 0.5) is 0 Å². The SMILES string of the molecule is CC1=NNC(=O)C1C(c1ccc(C)o1)C1C(=O)NN=C1C. The van der Waals surface area contributed by atoms with Gasteiger partial charge >= 0.3 is 0 Å². The summed E-state index contributed by atoms with van der Waals surface area (Å²) in [6.07, 6.45) is 0. The van der Waals surface area contributed by atoms with Crippen LogP contribution >= 0.6 is 0 Å². The molecule has 0 aliphatic carbocycles. The number of hydrogen-bond donors (Lipinski definition) is 2. The first-order valence-electron chi connectivity index (χ1n) is 6.73. The van der Waals surface area contributed by atoms with Crippen molar-refractivity contribution in [2.24, 2.45) is 22.0 Å². The van der Waals surface area contributed by atoms with Crippen molar-refractivity contribution in [2.45, 2.75) is 26.7 Å². The summed E-state index contributed by atoms with van der Waals surface area (Å²) in [5.41, 5.74) is 6.22. The van der Waals surface area contributed by atoms with E-state index in [0.29, 0.717) is 17.2 Å².